The van der Waals surface area contributed by atoms with E-state index in [1.54, 1.807) is 6.26 Å². The van der Waals surface area contributed by atoms with Gasteiger partial charge in [-0.05, 0) is 25.5 Å². The summed E-state index contributed by atoms with van der Waals surface area (Å²) in [5.41, 5.74) is 1.16. The second-order valence-corrected chi connectivity index (χ2v) is 2.90. The van der Waals surface area contributed by atoms with Crippen LogP contribution in [0.2, 0.25) is 0 Å². The Hall–Kier alpha value is -1.24. The predicted molar refractivity (Wildman–Crippen MR) is 58.4 cm³/mol. The van der Waals surface area contributed by atoms with E-state index in [1.807, 2.05) is 50.3 Å². The molecule has 1 heteroatoms. The Bertz CT molecular complexity index is 237. The molecule has 0 heterocycles. The van der Waals surface area contributed by atoms with Crippen LogP contribution >= 0.6 is 0 Å². The Morgan fingerprint density at radius 1 is 1.15 bits per heavy atom. The first-order chi connectivity index (χ1) is 5.79. The topological polar surface area (TPSA) is 9.23 Å². The van der Waals surface area contributed by atoms with Crippen LogP contribution in [0.25, 0.3) is 6.08 Å². The Morgan fingerprint density at radius 3 is 2.31 bits per heavy atom. The van der Waals surface area contributed by atoms with Crippen LogP contribution in [0, 0.1) is 0 Å². The minimum absolute atomic E-state index is 0. The van der Waals surface area contributed by atoms with Gasteiger partial charge in [-0.15, -0.1) is 0 Å². The quantitative estimate of drug-likeness (QED) is 0.641. The molecule has 0 unspecified atom stereocenters. The van der Waals surface area contributed by atoms with Gasteiger partial charge in [-0.1, -0.05) is 37.8 Å². The molecule has 0 aromatic heterocycles. The van der Waals surface area contributed by atoms with Gasteiger partial charge in [0.25, 0.3) is 0 Å². The summed E-state index contributed by atoms with van der Waals surface area (Å²) < 4.78 is 5.27. The van der Waals surface area contributed by atoms with Crippen LogP contribution in [0.3, 0.4) is 0 Å². The molecule has 0 saturated heterocycles. The van der Waals surface area contributed by atoms with E-state index in [9.17, 15) is 0 Å². The van der Waals surface area contributed by atoms with Crippen molar-refractivity contribution >= 4 is 6.08 Å². The molecule has 0 fully saturated rings. The Balaban J connectivity index is 0.00000144. The second kappa shape index (κ2) is 6.30. The maximum atomic E-state index is 5.27. The highest BCUT2D eigenvalue weighted by Gasteiger charge is 1.86. The van der Waals surface area contributed by atoms with E-state index in [0.29, 0.717) is 0 Å². The van der Waals surface area contributed by atoms with Crippen molar-refractivity contribution in [1.82, 2.24) is 0 Å². The fourth-order valence-corrected chi connectivity index (χ4v) is 0.839. The molecule has 0 aliphatic carbocycles. The molecule has 0 saturated carbocycles. The Kier molecular flexibility index (Phi) is 5.69. The highest BCUT2D eigenvalue weighted by atomic mass is 16.5. The molecule has 72 valence electrons. The van der Waals surface area contributed by atoms with Gasteiger partial charge in [0.1, 0.15) is 0 Å². The summed E-state index contributed by atoms with van der Waals surface area (Å²) in [6.07, 6.45) is 3.95. The van der Waals surface area contributed by atoms with Gasteiger partial charge in [0.05, 0.1) is 12.4 Å². The highest BCUT2D eigenvalue weighted by molar-refractivity contribution is 5.47. The van der Waals surface area contributed by atoms with E-state index in [0.717, 1.165) is 5.56 Å². The number of hydrogen-bond donors (Lipinski definition) is 0. The molecule has 0 bridgehead atoms. The molecular formula is C12H18O. The van der Waals surface area contributed by atoms with Crippen molar-refractivity contribution in [2.75, 3.05) is 0 Å². The number of ether oxygens (including phenoxy) is 1. The van der Waals surface area contributed by atoms with Crippen LogP contribution < -0.4 is 0 Å². The molecule has 0 aliphatic heterocycles. The largest absolute Gasteiger partial charge is 0.499 e. The molecule has 0 atom stereocenters. The Labute approximate surface area is 81.1 Å². The van der Waals surface area contributed by atoms with Crippen LogP contribution in [-0.2, 0) is 4.74 Å². The van der Waals surface area contributed by atoms with Crippen molar-refractivity contribution in [3.05, 3.63) is 42.2 Å². The van der Waals surface area contributed by atoms with E-state index in [4.69, 9.17) is 4.74 Å². The predicted octanol–water partition coefficient (Wildman–Crippen LogP) is 3.72. The van der Waals surface area contributed by atoms with Gasteiger partial charge in [-0.25, -0.2) is 0 Å². The van der Waals surface area contributed by atoms with E-state index in [2.05, 4.69) is 0 Å². The second-order valence-electron chi connectivity index (χ2n) is 2.90. The van der Waals surface area contributed by atoms with Gasteiger partial charge in [-0.3, -0.25) is 0 Å². The third kappa shape index (κ3) is 5.07. The summed E-state index contributed by atoms with van der Waals surface area (Å²) in [6.45, 7) is 4.02. The smallest absolute Gasteiger partial charge is 0.0922 e. The average molecular weight is 178 g/mol. The fourth-order valence-electron chi connectivity index (χ4n) is 0.839. The first-order valence-electron chi connectivity index (χ1n) is 4.16. The molecular weight excluding hydrogens is 160 g/mol. The Morgan fingerprint density at radius 2 is 1.77 bits per heavy atom. The van der Waals surface area contributed by atoms with Gasteiger partial charge in [0.2, 0.25) is 0 Å². The molecule has 1 aromatic rings. The summed E-state index contributed by atoms with van der Waals surface area (Å²) in [6, 6.07) is 10.1. The van der Waals surface area contributed by atoms with Crippen molar-refractivity contribution in [2.24, 2.45) is 0 Å². The lowest BCUT2D eigenvalue weighted by Crippen LogP contribution is -1.94. The van der Waals surface area contributed by atoms with Crippen molar-refractivity contribution in [3.63, 3.8) is 0 Å². The lowest BCUT2D eigenvalue weighted by molar-refractivity contribution is 0.181. The summed E-state index contributed by atoms with van der Waals surface area (Å²) in [4.78, 5) is 0. The monoisotopic (exact) mass is 178 g/mol. The minimum Gasteiger partial charge on any atom is -0.499 e. The molecule has 0 radical (unpaired) electrons. The highest BCUT2D eigenvalue weighted by Crippen LogP contribution is 2.01. The van der Waals surface area contributed by atoms with Gasteiger partial charge in [0.15, 0.2) is 0 Å². The van der Waals surface area contributed by atoms with Crippen molar-refractivity contribution in [1.29, 1.82) is 0 Å². The molecule has 0 amide bonds. The van der Waals surface area contributed by atoms with Crippen molar-refractivity contribution < 1.29 is 4.74 Å². The normalized spacial score (nSPS) is 10.1. The number of benzene rings is 1. The van der Waals surface area contributed by atoms with Crippen LogP contribution in [0.5, 0.6) is 0 Å². The molecule has 1 rings (SSSR count). The van der Waals surface area contributed by atoms with Gasteiger partial charge in [-0.2, -0.15) is 0 Å². The van der Waals surface area contributed by atoms with E-state index >= 15 is 0 Å². The first-order valence-corrected chi connectivity index (χ1v) is 4.16. The molecule has 0 aliphatic rings. The minimum atomic E-state index is 0. The van der Waals surface area contributed by atoms with Crippen LogP contribution in [0.4, 0.5) is 0 Å². The zero-order valence-corrected chi connectivity index (χ0v) is 7.53. The van der Waals surface area contributed by atoms with Gasteiger partial charge in [0, 0.05) is 0 Å². The van der Waals surface area contributed by atoms with E-state index < -0.39 is 0 Å². The fraction of sp³-hybridized carbons (Fsp3) is 0.333. The molecule has 1 nitrogen and oxygen atoms in total. The summed E-state index contributed by atoms with van der Waals surface area (Å²) in [5, 5.41) is 0. The lowest BCUT2D eigenvalue weighted by Gasteiger charge is -2.02. The average Bonchev–Trinajstić information content (AvgIpc) is 2.05. The van der Waals surface area contributed by atoms with Crippen LogP contribution in [0.15, 0.2) is 36.6 Å². The zero-order valence-electron chi connectivity index (χ0n) is 7.53. The number of hydrogen-bond acceptors (Lipinski definition) is 1. The van der Waals surface area contributed by atoms with Crippen LogP contribution in [-0.4, -0.2) is 6.10 Å². The van der Waals surface area contributed by atoms with Gasteiger partial charge < -0.3 is 4.74 Å². The molecule has 13 heavy (non-hydrogen) atoms. The van der Waals surface area contributed by atoms with Crippen LogP contribution in [0.1, 0.15) is 26.8 Å². The molecule has 0 spiro atoms. The third-order valence-corrected chi connectivity index (χ3v) is 1.41. The van der Waals surface area contributed by atoms with Crippen molar-refractivity contribution in [3.8, 4) is 0 Å². The van der Waals surface area contributed by atoms with Gasteiger partial charge >= 0.3 is 0 Å². The summed E-state index contributed by atoms with van der Waals surface area (Å²) in [7, 11) is 0. The summed E-state index contributed by atoms with van der Waals surface area (Å²) >= 11 is 0. The lowest BCUT2D eigenvalue weighted by atomic mass is 10.2. The zero-order chi connectivity index (χ0) is 8.81. The number of rotatable bonds is 3. The maximum absolute atomic E-state index is 5.27. The SMILES string of the molecule is C.CC(C)O/C=C/c1ccccc1. The van der Waals surface area contributed by atoms with Crippen molar-refractivity contribution in [2.45, 2.75) is 27.4 Å². The summed E-state index contributed by atoms with van der Waals surface area (Å²) in [5.74, 6) is 0. The first kappa shape index (κ1) is 11.8. The van der Waals surface area contributed by atoms with E-state index in [-0.39, 0.29) is 13.5 Å². The third-order valence-electron chi connectivity index (χ3n) is 1.41. The molecule has 0 N–H and O–H groups in total. The van der Waals surface area contributed by atoms with E-state index in [1.165, 1.54) is 0 Å². The standard InChI is InChI=1S/C11H14O.CH4/c1-10(2)12-9-8-11-6-4-3-5-7-11;/h3-10H,1-2H3;1H4/b9-8+;. The molecule has 1 aromatic carbocycles. The maximum Gasteiger partial charge on any atom is 0.0922 e.